The molecule has 0 spiro atoms. The second-order valence-corrected chi connectivity index (χ2v) is 8.17. The van der Waals surface area contributed by atoms with Crippen molar-refractivity contribution in [3.8, 4) is 0 Å². The minimum atomic E-state index is 0.287. The van der Waals surface area contributed by atoms with Crippen LogP contribution in [0.2, 0.25) is 0 Å². The van der Waals surface area contributed by atoms with Crippen LogP contribution in [-0.4, -0.2) is 0 Å². The molecule has 0 aromatic carbocycles. The van der Waals surface area contributed by atoms with Crippen LogP contribution in [0.1, 0.15) is 67.2 Å². The largest absolute Gasteiger partial charge is 0.0772 e. The number of hydrogen-bond acceptors (Lipinski definition) is 0. The third kappa shape index (κ3) is 3.34. The third-order valence-electron chi connectivity index (χ3n) is 4.34. The molecule has 0 saturated heterocycles. The van der Waals surface area contributed by atoms with E-state index in [4.69, 9.17) is 0 Å². The molecule has 110 valence electrons. The average Bonchev–Trinajstić information content (AvgIpc) is 2.93. The topological polar surface area (TPSA) is 0 Å². The molecule has 0 aromatic heterocycles. The Morgan fingerprint density at radius 2 is 1.00 bits per heavy atom. The van der Waals surface area contributed by atoms with Crippen LogP contribution in [0.5, 0.6) is 0 Å². The fourth-order valence-electron chi connectivity index (χ4n) is 3.44. The van der Waals surface area contributed by atoms with Crippen molar-refractivity contribution in [3.05, 3.63) is 46.6 Å². The Hall–Kier alpha value is -1.04. The summed E-state index contributed by atoms with van der Waals surface area (Å²) in [7, 11) is 0. The maximum Gasteiger partial charge on any atom is -0.0132 e. The van der Waals surface area contributed by atoms with Crippen molar-refractivity contribution in [2.45, 2.75) is 67.2 Å². The Labute approximate surface area is 125 Å². The molecule has 0 N–H and O–H groups in total. The van der Waals surface area contributed by atoms with Gasteiger partial charge in [0.2, 0.25) is 0 Å². The highest BCUT2D eigenvalue weighted by atomic mass is 14.3. The van der Waals surface area contributed by atoms with Gasteiger partial charge in [-0.05, 0) is 58.8 Å². The van der Waals surface area contributed by atoms with Gasteiger partial charge in [0.05, 0.1) is 0 Å². The summed E-state index contributed by atoms with van der Waals surface area (Å²) in [6.07, 6.45) is 14.3. The molecule has 20 heavy (non-hydrogen) atoms. The van der Waals surface area contributed by atoms with Crippen LogP contribution in [0.3, 0.4) is 0 Å². The van der Waals surface area contributed by atoms with Gasteiger partial charge in [-0.2, -0.15) is 0 Å². The van der Waals surface area contributed by atoms with E-state index in [2.05, 4.69) is 65.8 Å². The Bertz CT molecular complexity index is 445. The molecule has 2 rings (SSSR count). The minimum Gasteiger partial charge on any atom is -0.0772 e. The zero-order valence-corrected chi connectivity index (χ0v) is 14.1. The molecule has 2 aliphatic rings. The number of allylic oxidation sites excluding steroid dienone is 8. The van der Waals surface area contributed by atoms with Crippen molar-refractivity contribution < 1.29 is 0 Å². The molecular formula is C20H30. The van der Waals surface area contributed by atoms with Gasteiger partial charge in [-0.1, -0.05) is 65.8 Å². The first kappa shape index (κ1) is 15.4. The summed E-state index contributed by atoms with van der Waals surface area (Å²) in [5, 5.41) is 0. The summed E-state index contributed by atoms with van der Waals surface area (Å²) < 4.78 is 0. The smallest absolute Gasteiger partial charge is 0.0132 e. The highest BCUT2D eigenvalue weighted by Gasteiger charge is 2.25. The fraction of sp³-hybridized carbons (Fsp3) is 0.600. The highest BCUT2D eigenvalue weighted by molar-refractivity contribution is 5.44. The second-order valence-electron chi connectivity index (χ2n) is 8.17. The molecule has 2 aliphatic carbocycles. The predicted octanol–water partition coefficient (Wildman–Crippen LogP) is 6.37. The van der Waals surface area contributed by atoms with Gasteiger partial charge in [-0.3, -0.25) is 0 Å². The summed E-state index contributed by atoms with van der Waals surface area (Å²) in [6.45, 7) is 14.0. The van der Waals surface area contributed by atoms with Gasteiger partial charge >= 0.3 is 0 Å². The fourth-order valence-corrected chi connectivity index (χ4v) is 3.44. The van der Waals surface area contributed by atoms with Gasteiger partial charge in [0, 0.05) is 0 Å². The van der Waals surface area contributed by atoms with Gasteiger partial charge in [0.25, 0.3) is 0 Å². The van der Waals surface area contributed by atoms with Gasteiger partial charge in [-0.25, -0.2) is 0 Å². The highest BCUT2D eigenvalue weighted by Crippen LogP contribution is 2.41. The molecular weight excluding hydrogens is 240 g/mol. The standard InChI is InChI=1S/C20H30/c1-19(2,3)17-11-7-9-15(17)13-14-16-10-8-12-18(16)20(4,5)6/h9-12H,7-8,13-14H2,1-6H3. The van der Waals surface area contributed by atoms with Crippen LogP contribution < -0.4 is 0 Å². The summed E-state index contributed by atoms with van der Waals surface area (Å²) in [6, 6.07) is 0. The lowest BCUT2D eigenvalue weighted by molar-refractivity contribution is 0.501. The van der Waals surface area contributed by atoms with Crippen LogP contribution in [-0.2, 0) is 0 Å². The van der Waals surface area contributed by atoms with Crippen molar-refractivity contribution >= 4 is 0 Å². The Morgan fingerprint density at radius 3 is 1.30 bits per heavy atom. The van der Waals surface area contributed by atoms with Crippen LogP contribution >= 0.6 is 0 Å². The summed E-state index contributed by atoms with van der Waals surface area (Å²) >= 11 is 0. The molecule has 0 radical (unpaired) electrons. The molecule has 0 heterocycles. The van der Waals surface area contributed by atoms with Crippen molar-refractivity contribution in [1.82, 2.24) is 0 Å². The Kier molecular flexibility index (Phi) is 4.14. The van der Waals surface area contributed by atoms with Gasteiger partial charge < -0.3 is 0 Å². The van der Waals surface area contributed by atoms with E-state index in [0.717, 1.165) is 12.8 Å². The van der Waals surface area contributed by atoms with E-state index in [1.165, 1.54) is 12.8 Å². The molecule has 0 amide bonds. The van der Waals surface area contributed by atoms with Crippen LogP contribution in [0, 0.1) is 10.8 Å². The van der Waals surface area contributed by atoms with E-state index in [1.807, 2.05) is 0 Å². The SMILES string of the molecule is CC(C)(C)C1=CCC=C1CCC1=CCC=C1C(C)(C)C. The van der Waals surface area contributed by atoms with Crippen molar-refractivity contribution in [2.75, 3.05) is 0 Å². The van der Waals surface area contributed by atoms with Gasteiger partial charge in [0.15, 0.2) is 0 Å². The first-order chi connectivity index (χ1) is 9.19. The molecule has 0 unspecified atom stereocenters. The quantitative estimate of drug-likeness (QED) is 0.559. The minimum absolute atomic E-state index is 0.287. The van der Waals surface area contributed by atoms with Crippen LogP contribution in [0.4, 0.5) is 0 Å². The van der Waals surface area contributed by atoms with Gasteiger partial charge in [-0.15, -0.1) is 0 Å². The lowest BCUT2D eigenvalue weighted by Crippen LogP contribution is -2.12. The first-order valence-corrected chi connectivity index (χ1v) is 7.99. The number of hydrogen-bond donors (Lipinski definition) is 0. The predicted molar refractivity (Wildman–Crippen MR) is 89.7 cm³/mol. The summed E-state index contributed by atoms with van der Waals surface area (Å²) in [5.74, 6) is 0. The molecule has 0 aromatic rings. The van der Waals surface area contributed by atoms with E-state index in [-0.39, 0.29) is 10.8 Å². The zero-order chi connectivity index (χ0) is 15.0. The normalized spacial score (nSPS) is 19.7. The zero-order valence-electron chi connectivity index (χ0n) is 14.1. The molecule has 0 aliphatic heterocycles. The average molecular weight is 270 g/mol. The van der Waals surface area contributed by atoms with Crippen molar-refractivity contribution in [2.24, 2.45) is 10.8 Å². The molecule has 0 bridgehead atoms. The number of rotatable bonds is 3. The lowest BCUT2D eigenvalue weighted by Gasteiger charge is -2.26. The molecule has 0 heteroatoms. The molecule has 0 atom stereocenters. The van der Waals surface area contributed by atoms with Crippen molar-refractivity contribution in [3.63, 3.8) is 0 Å². The Balaban J connectivity index is 2.01. The third-order valence-corrected chi connectivity index (χ3v) is 4.34. The van der Waals surface area contributed by atoms with Crippen molar-refractivity contribution in [1.29, 1.82) is 0 Å². The molecule has 0 fully saturated rings. The molecule has 0 saturated carbocycles. The van der Waals surface area contributed by atoms with E-state index in [1.54, 1.807) is 22.3 Å². The Morgan fingerprint density at radius 1 is 0.650 bits per heavy atom. The van der Waals surface area contributed by atoms with E-state index in [0.29, 0.717) is 0 Å². The second kappa shape index (κ2) is 5.39. The maximum absolute atomic E-state index is 2.43. The van der Waals surface area contributed by atoms with Crippen LogP contribution in [0.15, 0.2) is 46.6 Å². The van der Waals surface area contributed by atoms with E-state index in [9.17, 15) is 0 Å². The van der Waals surface area contributed by atoms with E-state index < -0.39 is 0 Å². The lowest BCUT2D eigenvalue weighted by atomic mass is 9.79. The summed E-state index contributed by atoms with van der Waals surface area (Å²) in [5.41, 5.74) is 6.87. The monoisotopic (exact) mass is 270 g/mol. The maximum atomic E-state index is 2.43. The van der Waals surface area contributed by atoms with E-state index >= 15 is 0 Å². The van der Waals surface area contributed by atoms with Crippen LogP contribution in [0.25, 0.3) is 0 Å². The molecule has 0 nitrogen and oxygen atoms in total. The summed E-state index contributed by atoms with van der Waals surface area (Å²) in [4.78, 5) is 0. The van der Waals surface area contributed by atoms with Gasteiger partial charge in [0.1, 0.15) is 0 Å². The first-order valence-electron chi connectivity index (χ1n) is 7.99.